The van der Waals surface area contributed by atoms with E-state index in [4.69, 9.17) is 14.2 Å². The highest BCUT2D eigenvalue weighted by Crippen LogP contribution is 2.29. The first kappa shape index (κ1) is 19.3. The molecule has 1 saturated carbocycles. The van der Waals surface area contributed by atoms with E-state index < -0.39 is 17.2 Å². The summed E-state index contributed by atoms with van der Waals surface area (Å²) in [5.41, 5.74) is 0.807. The zero-order valence-electron chi connectivity index (χ0n) is 15.0. The molecule has 2 unspecified atom stereocenters. The highest BCUT2D eigenvalue weighted by atomic mass is 16.7. The molecule has 2 aromatic rings. The average Bonchev–Trinajstić information content (AvgIpc) is 3.15. The van der Waals surface area contributed by atoms with Crippen LogP contribution >= 0.6 is 0 Å². The Balaban J connectivity index is 1.42. The number of rotatable bonds is 6. The second-order valence-electron chi connectivity index (χ2n) is 6.45. The van der Waals surface area contributed by atoms with Crippen molar-refractivity contribution in [3.05, 3.63) is 70.3 Å². The van der Waals surface area contributed by atoms with Gasteiger partial charge in [0, 0.05) is 12.1 Å². The number of nitro groups is 1. The van der Waals surface area contributed by atoms with E-state index in [1.807, 2.05) is 30.3 Å². The van der Waals surface area contributed by atoms with Crippen molar-refractivity contribution in [3.63, 3.8) is 0 Å². The Morgan fingerprint density at radius 2 is 1.75 bits per heavy atom. The molecule has 2 atom stereocenters. The van der Waals surface area contributed by atoms with Crippen LogP contribution in [-0.2, 0) is 20.9 Å². The van der Waals surface area contributed by atoms with E-state index in [0.29, 0.717) is 19.3 Å². The van der Waals surface area contributed by atoms with Gasteiger partial charge < -0.3 is 14.2 Å². The van der Waals surface area contributed by atoms with Gasteiger partial charge in [-0.2, -0.15) is 0 Å². The summed E-state index contributed by atoms with van der Waals surface area (Å²) in [5.74, 6) is -0.480. The molecule has 0 N–H and O–H groups in total. The van der Waals surface area contributed by atoms with Crippen molar-refractivity contribution < 1.29 is 28.7 Å². The van der Waals surface area contributed by atoms with E-state index in [0.717, 1.165) is 5.56 Å². The lowest BCUT2D eigenvalue weighted by Gasteiger charge is -2.13. The average molecular weight is 385 g/mol. The third kappa shape index (κ3) is 5.29. The van der Waals surface area contributed by atoms with Crippen LogP contribution in [0.25, 0.3) is 0 Å². The van der Waals surface area contributed by atoms with Crippen LogP contribution < -0.4 is 4.74 Å². The SMILES string of the molecule is O=C(Oc1ccc([N+](=O)[O-])cc1)OC1CCC(C(=O)OCc2ccccc2)C1. The molecule has 2 aromatic carbocycles. The number of carbonyl (C=O) groups excluding carboxylic acids is 2. The lowest BCUT2D eigenvalue weighted by molar-refractivity contribution is -0.384. The molecule has 0 radical (unpaired) electrons. The largest absolute Gasteiger partial charge is 0.514 e. The lowest BCUT2D eigenvalue weighted by Crippen LogP contribution is -2.20. The number of ether oxygens (including phenoxy) is 3. The van der Waals surface area contributed by atoms with Gasteiger partial charge in [0.1, 0.15) is 18.5 Å². The Hall–Kier alpha value is -3.42. The Bertz CT molecular complexity index is 835. The minimum atomic E-state index is -0.905. The van der Waals surface area contributed by atoms with Gasteiger partial charge in [-0.3, -0.25) is 14.9 Å². The molecule has 1 aliphatic rings. The van der Waals surface area contributed by atoms with Crippen molar-refractivity contribution in [2.75, 3.05) is 0 Å². The summed E-state index contributed by atoms with van der Waals surface area (Å²) in [6.45, 7) is 0.212. The molecule has 146 valence electrons. The van der Waals surface area contributed by atoms with Crippen LogP contribution in [0, 0.1) is 16.0 Å². The molecule has 0 bridgehead atoms. The molecule has 8 nitrogen and oxygen atoms in total. The van der Waals surface area contributed by atoms with Crippen LogP contribution in [0.2, 0.25) is 0 Å². The maximum Gasteiger partial charge on any atom is 0.514 e. The third-order valence-corrected chi connectivity index (χ3v) is 4.45. The van der Waals surface area contributed by atoms with Crippen LogP contribution in [0.4, 0.5) is 10.5 Å². The Morgan fingerprint density at radius 3 is 2.43 bits per heavy atom. The molecular formula is C20H19NO7. The normalized spacial score (nSPS) is 18.3. The first-order valence-electron chi connectivity index (χ1n) is 8.85. The fraction of sp³-hybridized carbons (Fsp3) is 0.300. The maximum absolute atomic E-state index is 12.2. The molecule has 0 heterocycles. The Morgan fingerprint density at radius 1 is 1.04 bits per heavy atom. The van der Waals surface area contributed by atoms with Crippen LogP contribution in [-0.4, -0.2) is 23.2 Å². The predicted molar refractivity (Wildman–Crippen MR) is 97.6 cm³/mol. The van der Waals surface area contributed by atoms with E-state index in [1.54, 1.807) is 0 Å². The van der Waals surface area contributed by atoms with E-state index >= 15 is 0 Å². The second-order valence-corrected chi connectivity index (χ2v) is 6.45. The van der Waals surface area contributed by atoms with Gasteiger partial charge in [-0.15, -0.1) is 0 Å². The minimum Gasteiger partial charge on any atom is -0.461 e. The number of non-ortho nitro benzene ring substituents is 1. The molecule has 0 amide bonds. The number of benzene rings is 2. The highest BCUT2D eigenvalue weighted by molar-refractivity contribution is 5.73. The number of esters is 1. The first-order valence-corrected chi connectivity index (χ1v) is 8.85. The fourth-order valence-electron chi connectivity index (χ4n) is 3.00. The maximum atomic E-state index is 12.2. The summed E-state index contributed by atoms with van der Waals surface area (Å²) in [6.07, 6.45) is 0.156. The van der Waals surface area contributed by atoms with Crippen molar-refractivity contribution in [1.82, 2.24) is 0 Å². The molecule has 0 aromatic heterocycles. The minimum absolute atomic E-state index is 0.103. The van der Waals surface area contributed by atoms with Crippen molar-refractivity contribution in [3.8, 4) is 5.75 Å². The van der Waals surface area contributed by atoms with E-state index in [-0.39, 0.29) is 29.9 Å². The lowest BCUT2D eigenvalue weighted by atomic mass is 10.1. The van der Waals surface area contributed by atoms with Gasteiger partial charge in [-0.1, -0.05) is 30.3 Å². The molecule has 0 aliphatic heterocycles. The summed E-state index contributed by atoms with van der Waals surface area (Å²) in [7, 11) is 0. The molecule has 8 heteroatoms. The summed E-state index contributed by atoms with van der Waals surface area (Å²) in [5, 5.41) is 10.6. The quantitative estimate of drug-likeness (QED) is 0.320. The molecule has 1 aliphatic carbocycles. The monoisotopic (exact) mass is 385 g/mol. The molecule has 3 rings (SSSR count). The van der Waals surface area contributed by atoms with Gasteiger partial charge in [-0.05, 0) is 37.0 Å². The van der Waals surface area contributed by atoms with Gasteiger partial charge >= 0.3 is 12.1 Å². The Labute approximate surface area is 161 Å². The van der Waals surface area contributed by atoms with Gasteiger partial charge in [0.25, 0.3) is 5.69 Å². The summed E-state index contributed by atoms with van der Waals surface area (Å²) >= 11 is 0. The first-order chi connectivity index (χ1) is 13.5. The number of hydrogen-bond donors (Lipinski definition) is 0. The van der Waals surface area contributed by atoms with E-state index in [2.05, 4.69) is 0 Å². The topological polar surface area (TPSA) is 105 Å². The number of carbonyl (C=O) groups is 2. The van der Waals surface area contributed by atoms with E-state index in [1.165, 1.54) is 24.3 Å². The van der Waals surface area contributed by atoms with Gasteiger partial charge in [0.2, 0.25) is 0 Å². The van der Waals surface area contributed by atoms with Gasteiger partial charge in [0.15, 0.2) is 0 Å². The zero-order chi connectivity index (χ0) is 19.9. The second kappa shape index (κ2) is 8.98. The zero-order valence-corrected chi connectivity index (χ0v) is 15.0. The van der Waals surface area contributed by atoms with Crippen molar-refractivity contribution >= 4 is 17.8 Å². The van der Waals surface area contributed by atoms with Gasteiger partial charge in [-0.25, -0.2) is 4.79 Å². The molecule has 0 saturated heterocycles. The summed E-state index contributed by atoms with van der Waals surface area (Å²) in [4.78, 5) is 34.1. The summed E-state index contributed by atoms with van der Waals surface area (Å²) in [6, 6.07) is 14.5. The Kier molecular flexibility index (Phi) is 6.21. The fourth-order valence-corrected chi connectivity index (χ4v) is 3.00. The molecule has 1 fully saturated rings. The predicted octanol–water partition coefficient (Wildman–Crippen LogP) is 4.02. The standard InChI is InChI=1S/C20H19NO7/c22-19(26-13-14-4-2-1-3-5-14)15-6-9-18(12-15)28-20(23)27-17-10-7-16(8-11-17)21(24)25/h1-5,7-8,10-11,15,18H,6,9,12-13H2. The van der Waals surface area contributed by atoms with Crippen molar-refractivity contribution in [2.24, 2.45) is 5.92 Å². The van der Waals surface area contributed by atoms with Crippen molar-refractivity contribution in [2.45, 2.75) is 32.0 Å². The van der Waals surface area contributed by atoms with E-state index in [9.17, 15) is 19.7 Å². The number of nitro benzene ring substituents is 1. The van der Waals surface area contributed by atoms with Crippen LogP contribution in [0.1, 0.15) is 24.8 Å². The number of hydrogen-bond acceptors (Lipinski definition) is 7. The van der Waals surface area contributed by atoms with Gasteiger partial charge in [0.05, 0.1) is 10.8 Å². The number of nitrogens with zero attached hydrogens (tertiary/aromatic N) is 1. The smallest absolute Gasteiger partial charge is 0.461 e. The molecule has 0 spiro atoms. The highest BCUT2D eigenvalue weighted by Gasteiger charge is 2.33. The van der Waals surface area contributed by atoms with Crippen molar-refractivity contribution in [1.29, 1.82) is 0 Å². The van der Waals surface area contributed by atoms with Crippen LogP contribution in [0.5, 0.6) is 5.75 Å². The van der Waals surface area contributed by atoms with Crippen LogP contribution in [0.3, 0.4) is 0 Å². The molecule has 28 heavy (non-hydrogen) atoms. The molecular weight excluding hydrogens is 366 g/mol. The third-order valence-electron chi connectivity index (χ3n) is 4.45. The van der Waals surface area contributed by atoms with Crippen LogP contribution in [0.15, 0.2) is 54.6 Å². The summed E-state index contributed by atoms with van der Waals surface area (Å²) < 4.78 is 15.6.